The van der Waals surface area contributed by atoms with Gasteiger partial charge in [-0.15, -0.1) is 0 Å². The summed E-state index contributed by atoms with van der Waals surface area (Å²) in [5, 5.41) is 0. The molecule has 0 radical (unpaired) electrons. The maximum absolute atomic E-state index is 5.78. The zero-order chi connectivity index (χ0) is 10.8. The Bertz CT molecular complexity index is 303. The highest BCUT2D eigenvalue weighted by atomic mass is 15.2. The van der Waals surface area contributed by atoms with E-state index in [9.17, 15) is 0 Å². The van der Waals surface area contributed by atoms with Crippen LogP contribution in [0.2, 0.25) is 0 Å². The lowest BCUT2D eigenvalue weighted by Crippen LogP contribution is -2.42. The van der Waals surface area contributed by atoms with Crippen LogP contribution in [0, 0.1) is 0 Å². The Morgan fingerprint density at radius 2 is 1.86 bits per heavy atom. The number of rotatable bonds is 2. The average molecular weight is 194 g/mol. The van der Waals surface area contributed by atoms with E-state index in [1.165, 1.54) is 0 Å². The first-order valence-corrected chi connectivity index (χ1v) is 4.81. The summed E-state index contributed by atoms with van der Waals surface area (Å²) in [5.41, 5.74) is 5.79. The number of hydrogen-bond acceptors (Lipinski definition) is 4. The SMILES string of the molecule is CCN(c1nccnc1N)C(C)(C)C. The van der Waals surface area contributed by atoms with E-state index in [0.717, 1.165) is 12.4 Å². The molecule has 2 N–H and O–H groups in total. The second kappa shape index (κ2) is 3.82. The van der Waals surface area contributed by atoms with Crippen molar-refractivity contribution in [2.75, 3.05) is 17.2 Å². The van der Waals surface area contributed by atoms with Crippen LogP contribution in [0.5, 0.6) is 0 Å². The molecule has 0 atom stereocenters. The smallest absolute Gasteiger partial charge is 0.171 e. The Labute approximate surface area is 85.2 Å². The summed E-state index contributed by atoms with van der Waals surface area (Å²) in [4.78, 5) is 10.4. The van der Waals surface area contributed by atoms with Crippen molar-refractivity contribution in [2.24, 2.45) is 0 Å². The molecule has 0 amide bonds. The van der Waals surface area contributed by atoms with Crippen LogP contribution in [0.3, 0.4) is 0 Å². The molecule has 0 aliphatic rings. The molecular weight excluding hydrogens is 176 g/mol. The Balaban J connectivity index is 3.08. The zero-order valence-electron chi connectivity index (χ0n) is 9.28. The molecule has 0 aromatic carbocycles. The van der Waals surface area contributed by atoms with Crippen molar-refractivity contribution in [3.8, 4) is 0 Å². The minimum atomic E-state index is 0.0128. The fraction of sp³-hybridized carbons (Fsp3) is 0.600. The van der Waals surface area contributed by atoms with E-state index >= 15 is 0 Å². The van der Waals surface area contributed by atoms with Gasteiger partial charge in [-0.2, -0.15) is 0 Å². The predicted molar refractivity (Wildman–Crippen MR) is 59.2 cm³/mol. The highest BCUT2D eigenvalue weighted by Crippen LogP contribution is 2.24. The van der Waals surface area contributed by atoms with Crippen LogP contribution in [-0.4, -0.2) is 22.1 Å². The second-order valence-corrected chi connectivity index (χ2v) is 4.18. The molecule has 0 aliphatic heterocycles. The first-order chi connectivity index (χ1) is 6.46. The molecule has 78 valence electrons. The standard InChI is InChI=1S/C10H18N4/c1-5-14(10(2,3)4)9-8(11)12-6-7-13-9/h6-7H,5H2,1-4H3,(H2,11,12). The highest BCUT2D eigenvalue weighted by Gasteiger charge is 2.22. The molecular formula is C10H18N4. The average Bonchev–Trinajstić information content (AvgIpc) is 2.07. The number of hydrogen-bond donors (Lipinski definition) is 1. The molecule has 0 unspecified atom stereocenters. The van der Waals surface area contributed by atoms with Crippen LogP contribution in [-0.2, 0) is 0 Å². The molecule has 1 rings (SSSR count). The predicted octanol–water partition coefficient (Wildman–Crippen LogP) is 1.68. The van der Waals surface area contributed by atoms with Gasteiger partial charge in [-0.25, -0.2) is 9.97 Å². The second-order valence-electron chi connectivity index (χ2n) is 4.18. The van der Waals surface area contributed by atoms with Gasteiger partial charge in [0.25, 0.3) is 0 Å². The normalized spacial score (nSPS) is 11.4. The summed E-state index contributed by atoms with van der Waals surface area (Å²) in [6.45, 7) is 9.34. The van der Waals surface area contributed by atoms with E-state index < -0.39 is 0 Å². The van der Waals surface area contributed by atoms with E-state index in [2.05, 4.69) is 42.6 Å². The van der Waals surface area contributed by atoms with Gasteiger partial charge < -0.3 is 10.6 Å². The topological polar surface area (TPSA) is 55.0 Å². The summed E-state index contributed by atoms with van der Waals surface area (Å²) >= 11 is 0. The Morgan fingerprint density at radius 1 is 1.29 bits per heavy atom. The summed E-state index contributed by atoms with van der Waals surface area (Å²) < 4.78 is 0. The van der Waals surface area contributed by atoms with Crippen LogP contribution in [0.1, 0.15) is 27.7 Å². The maximum atomic E-state index is 5.78. The molecule has 4 nitrogen and oxygen atoms in total. The van der Waals surface area contributed by atoms with Gasteiger partial charge in [0, 0.05) is 24.5 Å². The molecule has 0 saturated heterocycles. The monoisotopic (exact) mass is 194 g/mol. The van der Waals surface area contributed by atoms with Crippen LogP contribution >= 0.6 is 0 Å². The summed E-state index contributed by atoms with van der Waals surface area (Å²) in [6.07, 6.45) is 3.27. The van der Waals surface area contributed by atoms with E-state index in [4.69, 9.17) is 5.73 Å². The Kier molecular flexibility index (Phi) is 2.93. The van der Waals surface area contributed by atoms with Gasteiger partial charge in [0.2, 0.25) is 0 Å². The van der Waals surface area contributed by atoms with Crippen molar-refractivity contribution in [3.63, 3.8) is 0 Å². The van der Waals surface area contributed by atoms with Crippen molar-refractivity contribution in [3.05, 3.63) is 12.4 Å². The van der Waals surface area contributed by atoms with Crippen molar-refractivity contribution in [2.45, 2.75) is 33.2 Å². The number of aromatic nitrogens is 2. The lowest BCUT2D eigenvalue weighted by atomic mass is 10.1. The van der Waals surface area contributed by atoms with Gasteiger partial charge in [0.1, 0.15) is 0 Å². The van der Waals surface area contributed by atoms with Crippen molar-refractivity contribution in [1.29, 1.82) is 0 Å². The molecule has 0 saturated carbocycles. The molecule has 1 aromatic rings. The minimum absolute atomic E-state index is 0.0128. The van der Waals surface area contributed by atoms with Gasteiger partial charge in [-0.1, -0.05) is 0 Å². The first-order valence-electron chi connectivity index (χ1n) is 4.81. The summed E-state index contributed by atoms with van der Waals surface area (Å²) in [5.74, 6) is 1.26. The summed E-state index contributed by atoms with van der Waals surface area (Å²) in [7, 11) is 0. The quantitative estimate of drug-likeness (QED) is 0.778. The van der Waals surface area contributed by atoms with E-state index in [0.29, 0.717) is 5.82 Å². The van der Waals surface area contributed by atoms with E-state index in [-0.39, 0.29) is 5.54 Å². The van der Waals surface area contributed by atoms with Crippen LogP contribution in [0.15, 0.2) is 12.4 Å². The number of nitrogens with two attached hydrogens (primary N) is 1. The van der Waals surface area contributed by atoms with Gasteiger partial charge in [0.05, 0.1) is 0 Å². The third-order valence-corrected chi connectivity index (χ3v) is 2.09. The largest absolute Gasteiger partial charge is 0.381 e. The van der Waals surface area contributed by atoms with Gasteiger partial charge in [0.15, 0.2) is 11.6 Å². The van der Waals surface area contributed by atoms with Gasteiger partial charge in [-0.05, 0) is 27.7 Å². The lowest BCUT2D eigenvalue weighted by Gasteiger charge is -2.36. The van der Waals surface area contributed by atoms with Crippen molar-refractivity contribution < 1.29 is 0 Å². The number of nitrogen functional groups attached to an aromatic ring is 1. The van der Waals surface area contributed by atoms with Gasteiger partial charge in [-0.3, -0.25) is 0 Å². The molecule has 0 aliphatic carbocycles. The van der Waals surface area contributed by atoms with Crippen LogP contribution in [0.4, 0.5) is 11.6 Å². The Morgan fingerprint density at radius 3 is 2.29 bits per heavy atom. The van der Waals surface area contributed by atoms with Crippen LogP contribution in [0.25, 0.3) is 0 Å². The number of anilines is 2. The molecule has 0 fully saturated rings. The van der Waals surface area contributed by atoms with Crippen molar-refractivity contribution >= 4 is 11.6 Å². The molecule has 0 spiro atoms. The first kappa shape index (κ1) is 10.8. The molecule has 4 heteroatoms. The maximum Gasteiger partial charge on any atom is 0.171 e. The minimum Gasteiger partial charge on any atom is -0.381 e. The zero-order valence-corrected chi connectivity index (χ0v) is 9.28. The summed E-state index contributed by atoms with van der Waals surface area (Å²) in [6, 6.07) is 0. The van der Waals surface area contributed by atoms with Gasteiger partial charge >= 0.3 is 0 Å². The Hall–Kier alpha value is -1.32. The third kappa shape index (κ3) is 2.13. The fourth-order valence-corrected chi connectivity index (χ4v) is 1.49. The third-order valence-electron chi connectivity index (χ3n) is 2.09. The van der Waals surface area contributed by atoms with E-state index in [1.807, 2.05) is 0 Å². The lowest BCUT2D eigenvalue weighted by molar-refractivity contribution is 0.508. The molecule has 0 bridgehead atoms. The van der Waals surface area contributed by atoms with Crippen molar-refractivity contribution in [1.82, 2.24) is 9.97 Å². The molecule has 1 heterocycles. The highest BCUT2D eigenvalue weighted by molar-refractivity contribution is 5.58. The fourth-order valence-electron chi connectivity index (χ4n) is 1.49. The van der Waals surface area contributed by atoms with E-state index in [1.54, 1.807) is 12.4 Å². The molecule has 14 heavy (non-hydrogen) atoms. The van der Waals surface area contributed by atoms with Crippen LogP contribution < -0.4 is 10.6 Å². The molecule has 1 aromatic heterocycles. The number of nitrogens with zero attached hydrogens (tertiary/aromatic N) is 3.